The van der Waals surface area contributed by atoms with Crippen LogP contribution in [0.4, 0.5) is 0 Å². The van der Waals surface area contributed by atoms with Gasteiger partial charge in [0.15, 0.2) is 0 Å². The third kappa shape index (κ3) is 4.52. The van der Waals surface area contributed by atoms with Crippen LogP contribution >= 0.6 is 11.8 Å². The van der Waals surface area contributed by atoms with E-state index in [4.69, 9.17) is 13.9 Å². The lowest BCUT2D eigenvalue weighted by atomic mass is 10.2. The molecular weight excluding hydrogens is 342 g/mol. The molecule has 3 rings (SSSR count). The van der Waals surface area contributed by atoms with Crippen molar-refractivity contribution in [2.45, 2.75) is 25.2 Å². The van der Waals surface area contributed by atoms with E-state index in [1.54, 1.807) is 0 Å². The van der Waals surface area contributed by atoms with Gasteiger partial charge in [0, 0.05) is 13.1 Å². The maximum absolute atomic E-state index is 12.3. The minimum Gasteiger partial charge on any atom is -0.493 e. The van der Waals surface area contributed by atoms with Crippen LogP contribution in [-0.4, -0.2) is 59.2 Å². The zero-order valence-electron chi connectivity index (χ0n) is 14.3. The van der Waals surface area contributed by atoms with Gasteiger partial charge in [-0.1, -0.05) is 23.9 Å². The van der Waals surface area contributed by atoms with E-state index >= 15 is 0 Å². The van der Waals surface area contributed by atoms with E-state index in [9.17, 15) is 4.79 Å². The van der Waals surface area contributed by atoms with E-state index in [0.29, 0.717) is 43.2 Å². The Morgan fingerprint density at radius 3 is 3.04 bits per heavy atom. The van der Waals surface area contributed by atoms with Gasteiger partial charge in [-0.15, -0.1) is 10.2 Å². The Labute approximate surface area is 150 Å². The van der Waals surface area contributed by atoms with Gasteiger partial charge >= 0.3 is 0 Å². The van der Waals surface area contributed by atoms with Crippen molar-refractivity contribution in [3.05, 3.63) is 24.3 Å². The lowest BCUT2D eigenvalue weighted by Crippen LogP contribution is -2.45. The Balaban J connectivity index is 1.61. The van der Waals surface area contributed by atoms with Gasteiger partial charge in [0.05, 0.1) is 30.6 Å². The van der Waals surface area contributed by atoms with Gasteiger partial charge in [-0.3, -0.25) is 4.79 Å². The van der Waals surface area contributed by atoms with Crippen molar-refractivity contribution in [3.63, 3.8) is 0 Å². The molecule has 0 radical (unpaired) electrons. The summed E-state index contributed by atoms with van der Waals surface area (Å²) in [4.78, 5) is 14.1. The molecule has 7 nitrogen and oxygen atoms in total. The number of nitrogens with zero attached hydrogens (tertiary/aromatic N) is 3. The van der Waals surface area contributed by atoms with Crippen LogP contribution in [0.5, 0.6) is 5.75 Å². The maximum Gasteiger partial charge on any atom is 0.277 e. The van der Waals surface area contributed by atoms with E-state index in [0.717, 1.165) is 5.56 Å². The van der Waals surface area contributed by atoms with Crippen LogP contribution in [-0.2, 0) is 9.53 Å². The lowest BCUT2D eigenvalue weighted by Gasteiger charge is -2.30. The number of hydrogen-bond acceptors (Lipinski definition) is 7. The Bertz CT molecular complexity index is 721. The van der Waals surface area contributed by atoms with Crippen molar-refractivity contribution in [2.75, 3.05) is 32.1 Å². The maximum atomic E-state index is 12.3. The Kier molecular flexibility index (Phi) is 5.93. The summed E-state index contributed by atoms with van der Waals surface area (Å²) in [7, 11) is 0. The van der Waals surface area contributed by atoms with Gasteiger partial charge in [-0.05, 0) is 26.0 Å². The second kappa shape index (κ2) is 8.35. The number of aromatic nitrogens is 2. The molecule has 1 aromatic carbocycles. The quantitative estimate of drug-likeness (QED) is 0.730. The minimum atomic E-state index is 0.0506. The second-order valence-corrected chi connectivity index (χ2v) is 6.54. The number of para-hydroxylation sites is 1. The van der Waals surface area contributed by atoms with E-state index < -0.39 is 0 Å². The fourth-order valence-electron chi connectivity index (χ4n) is 2.56. The fraction of sp³-hybridized carbons (Fsp3) is 0.471. The molecule has 0 saturated carbocycles. The number of ether oxygens (including phenoxy) is 2. The van der Waals surface area contributed by atoms with Gasteiger partial charge in [-0.2, -0.15) is 0 Å². The molecule has 0 aliphatic carbocycles. The first-order chi connectivity index (χ1) is 12.2. The van der Waals surface area contributed by atoms with Crippen LogP contribution in [0.25, 0.3) is 11.5 Å². The third-order valence-corrected chi connectivity index (χ3v) is 4.54. The van der Waals surface area contributed by atoms with Crippen LogP contribution < -0.4 is 4.74 Å². The molecule has 0 N–H and O–H groups in total. The van der Waals surface area contributed by atoms with Crippen molar-refractivity contribution in [1.82, 2.24) is 15.1 Å². The van der Waals surface area contributed by atoms with Crippen molar-refractivity contribution in [1.29, 1.82) is 0 Å². The highest BCUT2D eigenvalue weighted by Crippen LogP contribution is 2.30. The SMILES string of the molecule is CCOc1ccccc1-c1nnc(SCC(=O)N2CCOC(C)C2)o1. The van der Waals surface area contributed by atoms with Gasteiger partial charge in [0.25, 0.3) is 11.1 Å². The molecule has 1 amide bonds. The molecule has 134 valence electrons. The molecule has 1 aliphatic heterocycles. The molecule has 2 heterocycles. The molecule has 1 aliphatic rings. The first kappa shape index (κ1) is 17.8. The van der Waals surface area contributed by atoms with Gasteiger partial charge < -0.3 is 18.8 Å². The molecular formula is C17H21N3O4S. The number of rotatable bonds is 6. The molecule has 1 atom stereocenters. The largest absolute Gasteiger partial charge is 0.493 e. The smallest absolute Gasteiger partial charge is 0.277 e. The first-order valence-electron chi connectivity index (χ1n) is 8.25. The summed E-state index contributed by atoms with van der Waals surface area (Å²) in [6.07, 6.45) is 0.0766. The number of morpholine rings is 1. The van der Waals surface area contributed by atoms with E-state index in [1.807, 2.05) is 43.0 Å². The van der Waals surface area contributed by atoms with Crippen LogP contribution in [0.15, 0.2) is 33.9 Å². The van der Waals surface area contributed by atoms with Gasteiger partial charge in [-0.25, -0.2) is 0 Å². The van der Waals surface area contributed by atoms with Crippen molar-refractivity contribution in [2.24, 2.45) is 0 Å². The van der Waals surface area contributed by atoms with Crippen LogP contribution in [0.1, 0.15) is 13.8 Å². The monoisotopic (exact) mass is 363 g/mol. The Morgan fingerprint density at radius 2 is 2.24 bits per heavy atom. The Hall–Kier alpha value is -2.06. The number of carbonyl (C=O) groups is 1. The van der Waals surface area contributed by atoms with Crippen molar-refractivity contribution < 1.29 is 18.7 Å². The summed E-state index contributed by atoms with van der Waals surface area (Å²) in [5, 5.41) is 8.46. The topological polar surface area (TPSA) is 77.7 Å². The number of hydrogen-bond donors (Lipinski definition) is 0. The molecule has 1 fully saturated rings. The highest BCUT2D eigenvalue weighted by Gasteiger charge is 2.22. The molecule has 0 bridgehead atoms. The summed E-state index contributed by atoms with van der Waals surface area (Å²) in [6, 6.07) is 7.51. The predicted octanol–water partition coefficient (Wildman–Crippen LogP) is 2.47. The first-order valence-corrected chi connectivity index (χ1v) is 9.23. The molecule has 8 heteroatoms. The Morgan fingerprint density at radius 1 is 1.40 bits per heavy atom. The highest BCUT2D eigenvalue weighted by atomic mass is 32.2. The van der Waals surface area contributed by atoms with Crippen molar-refractivity contribution >= 4 is 17.7 Å². The van der Waals surface area contributed by atoms with E-state index in [2.05, 4.69) is 10.2 Å². The third-order valence-electron chi connectivity index (χ3n) is 3.74. The average Bonchev–Trinajstić information content (AvgIpc) is 3.09. The standard InChI is InChI=1S/C17H21N3O4S/c1-3-22-14-7-5-4-6-13(14)16-18-19-17(24-16)25-11-15(21)20-8-9-23-12(2)10-20/h4-7,12H,3,8-11H2,1-2H3. The highest BCUT2D eigenvalue weighted by molar-refractivity contribution is 7.99. The zero-order valence-corrected chi connectivity index (χ0v) is 15.1. The molecule has 2 aromatic rings. The van der Waals surface area contributed by atoms with E-state index in [-0.39, 0.29) is 17.8 Å². The summed E-state index contributed by atoms with van der Waals surface area (Å²) in [6.45, 7) is 6.27. The lowest BCUT2D eigenvalue weighted by molar-refractivity contribution is -0.135. The molecule has 1 unspecified atom stereocenters. The zero-order chi connectivity index (χ0) is 17.6. The summed E-state index contributed by atoms with van der Waals surface area (Å²) in [5.74, 6) is 1.40. The van der Waals surface area contributed by atoms with Crippen LogP contribution in [0.2, 0.25) is 0 Å². The number of amides is 1. The number of carbonyl (C=O) groups excluding carboxylic acids is 1. The second-order valence-electron chi connectivity index (χ2n) is 5.61. The van der Waals surface area contributed by atoms with Gasteiger partial charge in [0.1, 0.15) is 5.75 Å². The summed E-state index contributed by atoms with van der Waals surface area (Å²) < 4.78 is 16.7. The van der Waals surface area contributed by atoms with Gasteiger partial charge in [0.2, 0.25) is 5.91 Å². The van der Waals surface area contributed by atoms with Crippen LogP contribution in [0.3, 0.4) is 0 Å². The number of thioether (sulfide) groups is 1. The normalized spacial score (nSPS) is 17.5. The molecule has 0 spiro atoms. The molecule has 1 aromatic heterocycles. The van der Waals surface area contributed by atoms with Crippen molar-refractivity contribution in [3.8, 4) is 17.2 Å². The summed E-state index contributed by atoms with van der Waals surface area (Å²) in [5.41, 5.74) is 0.747. The molecule has 25 heavy (non-hydrogen) atoms. The predicted molar refractivity (Wildman–Crippen MR) is 93.6 cm³/mol. The molecule has 1 saturated heterocycles. The fourth-order valence-corrected chi connectivity index (χ4v) is 3.23. The average molecular weight is 363 g/mol. The minimum absolute atomic E-state index is 0.0506. The van der Waals surface area contributed by atoms with E-state index in [1.165, 1.54) is 11.8 Å². The summed E-state index contributed by atoms with van der Waals surface area (Å²) >= 11 is 1.25. The number of benzene rings is 1. The van der Waals surface area contributed by atoms with Crippen LogP contribution in [0, 0.1) is 0 Å².